The lowest BCUT2D eigenvalue weighted by molar-refractivity contribution is 0.268. The molecule has 80 valence electrons. The van der Waals surface area contributed by atoms with Crippen LogP contribution in [0, 0.1) is 6.92 Å². The Labute approximate surface area is 90.4 Å². The topological polar surface area (TPSA) is 31.4 Å². The number of aromatic nitrogens is 1. The van der Waals surface area contributed by atoms with Crippen LogP contribution < -0.4 is 0 Å². The largest absolute Gasteiger partial charge is 0.334 e. The van der Waals surface area contributed by atoms with Gasteiger partial charge in [0.2, 0.25) is 0 Å². The second kappa shape index (κ2) is 6.46. The van der Waals surface area contributed by atoms with Gasteiger partial charge in [0.1, 0.15) is 0 Å². The Bertz CT molecular complexity index is 261. The normalized spacial score (nSPS) is 11.1. The molecule has 0 aromatic carbocycles. The van der Waals surface area contributed by atoms with E-state index in [-0.39, 0.29) is 0 Å². The van der Waals surface area contributed by atoms with Crippen molar-refractivity contribution in [1.82, 2.24) is 4.98 Å². The van der Waals surface area contributed by atoms with Gasteiger partial charge < -0.3 is 9.05 Å². The Balaban J connectivity index is 2.46. The van der Waals surface area contributed by atoms with Crippen LogP contribution in [0.2, 0.25) is 0 Å². The minimum absolute atomic E-state index is 0.703. The molecule has 1 rings (SSSR count). The van der Waals surface area contributed by atoms with Gasteiger partial charge >= 0.3 is 0 Å². The first kappa shape index (κ1) is 12.1. The van der Waals surface area contributed by atoms with Crippen LogP contribution in [0.15, 0.2) is 5.38 Å². The molecular weight excluding hydrogens is 217 g/mol. The molecule has 1 aromatic heterocycles. The summed E-state index contributed by atoms with van der Waals surface area (Å²) in [5.41, 5.74) is 1.08. The highest BCUT2D eigenvalue weighted by atomic mass is 32.1. The summed E-state index contributed by atoms with van der Waals surface area (Å²) in [4.78, 5) is 4.39. The fraction of sp³-hybridized carbons (Fsp3) is 0.667. The van der Waals surface area contributed by atoms with Crippen LogP contribution >= 0.6 is 19.7 Å². The van der Waals surface area contributed by atoms with Crippen molar-refractivity contribution in [2.75, 3.05) is 13.2 Å². The van der Waals surface area contributed by atoms with Gasteiger partial charge in [-0.3, -0.25) is 0 Å². The fourth-order valence-electron chi connectivity index (χ4n) is 1.03. The van der Waals surface area contributed by atoms with E-state index in [9.17, 15) is 0 Å². The lowest BCUT2D eigenvalue weighted by Crippen LogP contribution is -1.94. The minimum atomic E-state index is -0.780. The molecule has 1 aromatic rings. The van der Waals surface area contributed by atoms with Gasteiger partial charge in [0.05, 0.1) is 30.1 Å². The van der Waals surface area contributed by atoms with Crippen LogP contribution in [-0.4, -0.2) is 18.2 Å². The number of rotatable bonds is 6. The molecule has 0 radical (unpaired) electrons. The molecular formula is C9H16NO2PS. The maximum absolute atomic E-state index is 5.50. The molecule has 0 atom stereocenters. The molecule has 0 fully saturated rings. The van der Waals surface area contributed by atoms with Gasteiger partial charge in [-0.2, -0.15) is 0 Å². The van der Waals surface area contributed by atoms with Crippen molar-refractivity contribution in [2.45, 2.75) is 26.9 Å². The molecule has 0 N–H and O–H groups in total. The molecule has 5 heteroatoms. The molecule has 14 heavy (non-hydrogen) atoms. The van der Waals surface area contributed by atoms with Gasteiger partial charge in [-0.15, -0.1) is 11.3 Å². The average Bonchev–Trinajstić information content (AvgIpc) is 2.52. The Hall–Kier alpha value is -0.0200. The summed E-state index contributed by atoms with van der Waals surface area (Å²) < 4.78 is 11.0. The van der Waals surface area contributed by atoms with Crippen LogP contribution in [0.4, 0.5) is 0 Å². The lowest BCUT2D eigenvalue weighted by Gasteiger charge is -2.13. The first-order valence-electron chi connectivity index (χ1n) is 4.70. The number of aryl methyl sites for hydroxylation is 1. The van der Waals surface area contributed by atoms with Crippen molar-refractivity contribution in [3.05, 3.63) is 16.1 Å². The van der Waals surface area contributed by atoms with E-state index in [1.54, 1.807) is 11.3 Å². The molecule has 0 unspecified atom stereocenters. The highest BCUT2D eigenvalue weighted by Gasteiger charge is 2.11. The summed E-state index contributed by atoms with van der Waals surface area (Å²) in [5.74, 6) is 0. The van der Waals surface area contributed by atoms with Gasteiger partial charge in [-0.25, -0.2) is 4.98 Å². The molecule has 0 aliphatic carbocycles. The van der Waals surface area contributed by atoms with Crippen LogP contribution in [-0.2, 0) is 15.2 Å². The van der Waals surface area contributed by atoms with E-state index < -0.39 is 8.38 Å². The van der Waals surface area contributed by atoms with E-state index in [2.05, 4.69) is 10.4 Å². The smallest absolute Gasteiger partial charge is 0.176 e. The first-order valence-corrected chi connectivity index (χ1v) is 6.94. The lowest BCUT2D eigenvalue weighted by atomic mass is 10.6. The number of thiazole rings is 1. The quantitative estimate of drug-likeness (QED) is 0.706. The van der Waals surface area contributed by atoms with Crippen LogP contribution in [0.1, 0.15) is 24.5 Å². The Kier molecular flexibility index (Phi) is 5.56. The van der Waals surface area contributed by atoms with Crippen molar-refractivity contribution in [1.29, 1.82) is 0 Å². The highest BCUT2D eigenvalue weighted by Crippen LogP contribution is 2.41. The molecule has 3 nitrogen and oxygen atoms in total. The number of hydrogen-bond donors (Lipinski definition) is 0. The number of hydrogen-bond acceptors (Lipinski definition) is 4. The van der Waals surface area contributed by atoms with Crippen LogP contribution in [0.3, 0.4) is 0 Å². The van der Waals surface area contributed by atoms with E-state index in [1.165, 1.54) is 0 Å². The van der Waals surface area contributed by atoms with E-state index in [4.69, 9.17) is 9.05 Å². The summed E-state index contributed by atoms with van der Waals surface area (Å²) in [6.07, 6.45) is 0.807. The second-order valence-corrected chi connectivity index (χ2v) is 5.24. The van der Waals surface area contributed by atoms with Crippen molar-refractivity contribution in [3.8, 4) is 0 Å². The fourth-order valence-corrected chi connectivity index (χ4v) is 3.03. The average molecular weight is 233 g/mol. The summed E-state index contributed by atoms with van der Waals surface area (Å²) in [7, 11) is -0.780. The molecule has 0 saturated heterocycles. The van der Waals surface area contributed by atoms with Gasteiger partial charge in [0, 0.05) is 5.38 Å². The number of nitrogens with zero attached hydrogens (tertiary/aromatic N) is 1. The zero-order valence-electron chi connectivity index (χ0n) is 8.82. The van der Waals surface area contributed by atoms with E-state index in [0.717, 1.165) is 16.9 Å². The van der Waals surface area contributed by atoms with E-state index in [0.29, 0.717) is 13.2 Å². The first-order chi connectivity index (χ1) is 6.76. The van der Waals surface area contributed by atoms with Gasteiger partial charge in [0.25, 0.3) is 0 Å². The van der Waals surface area contributed by atoms with Gasteiger partial charge in [-0.1, -0.05) is 0 Å². The summed E-state index contributed by atoms with van der Waals surface area (Å²) >= 11 is 1.67. The summed E-state index contributed by atoms with van der Waals surface area (Å²) in [6.45, 7) is 7.39. The third-order valence-corrected chi connectivity index (χ3v) is 4.00. The molecule has 0 amide bonds. The minimum Gasteiger partial charge on any atom is -0.334 e. The van der Waals surface area contributed by atoms with Crippen LogP contribution in [0.5, 0.6) is 0 Å². The third-order valence-electron chi connectivity index (χ3n) is 1.50. The second-order valence-electron chi connectivity index (χ2n) is 2.68. The maximum Gasteiger partial charge on any atom is 0.176 e. The molecule has 0 aliphatic heterocycles. The SMILES string of the molecule is CCOP(Cc1csc(C)n1)OCC. The third kappa shape index (κ3) is 4.01. The standard InChI is InChI=1S/C9H16NO2PS/c1-4-11-13(12-5-2)6-9-7-14-8(3)10-9/h7H,4-6H2,1-3H3. The maximum atomic E-state index is 5.50. The molecule has 1 heterocycles. The zero-order valence-corrected chi connectivity index (χ0v) is 10.5. The summed E-state index contributed by atoms with van der Waals surface area (Å²) in [5, 5.41) is 3.17. The molecule has 0 saturated carbocycles. The van der Waals surface area contributed by atoms with E-state index in [1.807, 2.05) is 20.8 Å². The van der Waals surface area contributed by atoms with E-state index >= 15 is 0 Å². The predicted octanol–water partition coefficient (Wildman–Crippen LogP) is 3.34. The zero-order chi connectivity index (χ0) is 10.4. The molecule has 0 aliphatic rings. The van der Waals surface area contributed by atoms with Gasteiger partial charge in [-0.05, 0) is 20.8 Å². The van der Waals surface area contributed by atoms with Crippen molar-refractivity contribution in [2.24, 2.45) is 0 Å². The predicted molar refractivity (Wildman–Crippen MR) is 60.7 cm³/mol. The highest BCUT2D eigenvalue weighted by molar-refractivity contribution is 7.46. The summed E-state index contributed by atoms with van der Waals surface area (Å²) in [6, 6.07) is 0. The van der Waals surface area contributed by atoms with Crippen molar-refractivity contribution in [3.63, 3.8) is 0 Å². The van der Waals surface area contributed by atoms with Gasteiger partial charge in [0.15, 0.2) is 8.38 Å². The van der Waals surface area contributed by atoms with Crippen molar-refractivity contribution >= 4 is 19.7 Å². The monoisotopic (exact) mass is 233 g/mol. The molecule has 0 bridgehead atoms. The Morgan fingerprint density at radius 3 is 2.43 bits per heavy atom. The van der Waals surface area contributed by atoms with Crippen molar-refractivity contribution < 1.29 is 9.05 Å². The Morgan fingerprint density at radius 1 is 1.36 bits per heavy atom. The molecule has 0 spiro atoms. The van der Waals surface area contributed by atoms with Crippen LogP contribution in [0.25, 0.3) is 0 Å². The Morgan fingerprint density at radius 2 is 2.00 bits per heavy atom.